The zero-order valence-corrected chi connectivity index (χ0v) is 15.2. The van der Waals surface area contributed by atoms with Crippen molar-refractivity contribution in [3.8, 4) is 0 Å². The molecule has 2 rings (SSSR count). The normalized spacial score (nSPS) is 20.8. The maximum absolute atomic E-state index is 12.7. The van der Waals surface area contributed by atoms with E-state index in [1.807, 2.05) is 52.0 Å². The highest BCUT2D eigenvalue weighted by Gasteiger charge is 2.39. The van der Waals surface area contributed by atoms with Gasteiger partial charge >= 0.3 is 6.03 Å². The zero-order valence-electron chi connectivity index (χ0n) is 15.2. The molecular weight excluding hydrogens is 302 g/mol. The molecule has 2 N–H and O–H groups in total. The quantitative estimate of drug-likeness (QED) is 0.891. The first-order chi connectivity index (χ1) is 11.3. The van der Waals surface area contributed by atoms with E-state index in [4.69, 9.17) is 0 Å². The Hall–Kier alpha value is -2.04. The van der Waals surface area contributed by atoms with Crippen LogP contribution in [-0.2, 0) is 11.3 Å². The van der Waals surface area contributed by atoms with Crippen LogP contribution in [0, 0.1) is 12.3 Å². The van der Waals surface area contributed by atoms with E-state index in [-0.39, 0.29) is 18.0 Å². The number of carbonyl (C=O) groups excluding carboxylic acids is 2. The van der Waals surface area contributed by atoms with Gasteiger partial charge in [0.1, 0.15) is 0 Å². The van der Waals surface area contributed by atoms with E-state index >= 15 is 0 Å². The number of amides is 3. The number of aryl methyl sites for hydroxylation is 1. The van der Waals surface area contributed by atoms with Gasteiger partial charge in [0.15, 0.2) is 0 Å². The number of benzene rings is 1. The van der Waals surface area contributed by atoms with Crippen LogP contribution >= 0.6 is 0 Å². The van der Waals surface area contributed by atoms with Gasteiger partial charge in [-0.2, -0.15) is 0 Å². The average Bonchev–Trinajstić information content (AvgIpc) is 2.53. The largest absolute Gasteiger partial charge is 0.351 e. The van der Waals surface area contributed by atoms with Gasteiger partial charge in [-0.05, 0) is 51.7 Å². The number of likely N-dealkylation sites (tertiary alicyclic amines) is 1. The van der Waals surface area contributed by atoms with Crippen LogP contribution in [0.5, 0.6) is 0 Å². The summed E-state index contributed by atoms with van der Waals surface area (Å²) >= 11 is 0. The topological polar surface area (TPSA) is 61.4 Å². The number of carbonyl (C=O) groups is 2. The molecule has 1 aliphatic rings. The van der Waals surface area contributed by atoms with Crippen LogP contribution in [-0.4, -0.2) is 36.0 Å². The molecule has 132 valence electrons. The lowest BCUT2D eigenvalue weighted by molar-refractivity contribution is -0.132. The SMILES string of the molecule is Cc1ccccc1CNC(=O)C1(C)CCCN(C(=O)NC(C)C)C1. The van der Waals surface area contributed by atoms with Gasteiger partial charge in [0.05, 0.1) is 5.41 Å². The Morgan fingerprint density at radius 2 is 2.00 bits per heavy atom. The summed E-state index contributed by atoms with van der Waals surface area (Å²) in [5.41, 5.74) is 1.76. The molecule has 1 atom stereocenters. The Kier molecular flexibility index (Phi) is 5.86. The van der Waals surface area contributed by atoms with Crippen LogP contribution in [0.4, 0.5) is 4.79 Å². The molecule has 0 bridgehead atoms. The van der Waals surface area contributed by atoms with Crippen LogP contribution in [0.1, 0.15) is 44.7 Å². The molecule has 1 aromatic carbocycles. The molecule has 0 radical (unpaired) electrons. The van der Waals surface area contributed by atoms with Crippen molar-refractivity contribution in [3.05, 3.63) is 35.4 Å². The second-order valence-corrected chi connectivity index (χ2v) is 7.30. The van der Waals surface area contributed by atoms with E-state index in [2.05, 4.69) is 10.6 Å². The number of urea groups is 1. The second-order valence-electron chi connectivity index (χ2n) is 7.30. The van der Waals surface area contributed by atoms with Crippen molar-refractivity contribution in [1.29, 1.82) is 0 Å². The predicted octanol–water partition coefficient (Wildman–Crippen LogP) is 2.83. The lowest BCUT2D eigenvalue weighted by atomic mass is 9.81. The summed E-state index contributed by atoms with van der Waals surface area (Å²) in [6.07, 6.45) is 1.65. The average molecular weight is 331 g/mol. The van der Waals surface area contributed by atoms with Crippen molar-refractivity contribution in [3.63, 3.8) is 0 Å². The highest BCUT2D eigenvalue weighted by Crippen LogP contribution is 2.30. The number of hydrogen-bond acceptors (Lipinski definition) is 2. The Morgan fingerprint density at radius 3 is 2.67 bits per heavy atom. The highest BCUT2D eigenvalue weighted by atomic mass is 16.2. The van der Waals surface area contributed by atoms with Crippen LogP contribution in [0.15, 0.2) is 24.3 Å². The summed E-state index contributed by atoms with van der Waals surface area (Å²) in [7, 11) is 0. The highest BCUT2D eigenvalue weighted by molar-refractivity contribution is 5.84. The molecule has 1 fully saturated rings. The fourth-order valence-corrected chi connectivity index (χ4v) is 3.13. The van der Waals surface area contributed by atoms with Crippen molar-refractivity contribution in [2.75, 3.05) is 13.1 Å². The monoisotopic (exact) mass is 331 g/mol. The summed E-state index contributed by atoms with van der Waals surface area (Å²) in [5, 5.41) is 5.96. The number of nitrogens with one attached hydrogen (secondary N) is 2. The fraction of sp³-hybridized carbons (Fsp3) is 0.579. The van der Waals surface area contributed by atoms with Crippen molar-refractivity contribution in [1.82, 2.24) is 15.5 Å². The Morgan fingerprint density at radius 1 is 1.29 bits per heavy atom. The van der Waals surface area contributed by atoms with Gasteiger partial charge < -0.3 is 15.5 Å². The Balaban J connectivity index is 1.97. The number of rotatable bonds is 4. The molecule has 1 heterocycles. The van der Waals surface area contributed by atoms with Gasteiger partial charge in [-0.25, -0.2) is 4.79 Å². The molecule has 0 aliphatic carbocycles. The van der Waals surface area contributed by atoms with Gasteiger partial charge in [-0.1, -0.05) is 24.3 Å². The van der Waals surface area contributed by atoms with Crippen molar-refractivity contribution < 1.29 is 9.59 Å². The smallest absolute Gasteiger partial charge is 0.317 e. The molecule has 1 saturated heterocycles. The Bertz CT molecular complexity index is 600. The first-order valence-electron chi connectivity index (χ1n) is 8.70. The van der Waals surface area contributed by atoms with Gasteiger partial charge in [0.25, 0.3) is 0 Å². The number of nitrogens with zero attached hydrogens (tertiary/aromatic N) is 1. The maximum atomic E-state index is 12.7. The third kappa shape index (κ3) is 4.49. The molecule has 1 aromatic rings. The van der Waals surface area contributed by atoms with Crippen molar-refractivity contribution in [2.24, 2.45) is 5.41 Å². The number of hydrogen-bond donors (Lipinski definition) is 2. The lowest BCUT2D eigenvalue weighted by Crippen LogP contribution is -2.54. The van der Waals surface area contributed by atoms with Gasteiger partial charge in [-0.15, -0.1) is 0 Å². The third-order valence-electron chi connectivity index (χ3n) is 4.64. The van der Waals surface area contributed by atoms with E-state index in [0.29, 0.717) is 19.6 Å². The zero-order chi connectivity index (χ0) is 17.7. The third-order valence-corrected chi connectivity index (χ3v) is 4.64. The Labute approximate surface area is 144 Å². The minimum atomic E-state index is -0.532. The van der Waals surface area contributed by atoms with Crippen LogP contribution in [0.25, 0.3) is 0 Å². The minimum Gasteiger partial charge on any atom is -0.351 e. The molecule has 0 spiro atoms. The van der Waals surface area contributed by atoms with E-state index < -0.39 is 5.41 Å². The predicted molar refractivity (Wildman–Crippen MR) is 95.6 cm³/mol. The van der Waals surface area contributed by atoms with E-state index in [1.165, 1.54) is 5.56 Å². The molecule has 0 aromatic heterocycles. The van der Waals surface area contributed by atoms with E-state index in [1.54, 1.807) is 4.90 Å². The maximum Gasteiger partial charge on any atom is 0.317 e. The minimum absolute atomic E-state index is 0.0211. The molecule has 24 heavy (non-hydrogen) atoms. The molecule has 3 amide bonds. The molecule has 5 nitrogen and oxygen atoms in total. The second kappa shape index (κ2) is 7.69. The first kappa shape index (κ1) is 18.3. The van der Waals surface area contributed by atoms with E-state index in [9.17, 15) is 9.59 Å². The van der Waals surface area contributed by atoms with Gasteiger partial charge in [-0.3, -0.25) is 4.79 Å². The fourth-order valence-electron chi connectivity index (χ4n) is 3.13. The molecule has 5 heteroatoms. The summed E-state index contributed by atoms with van der Waals surface area (Å²) in [6.45, 7) is 9.58. The first-order valence-corrected chi connectivity index (χ1v) is 8.70. The summed E-state index contributed by atoms with van der Waals surface area (Å²) in [4.78, 5) is 26.7. The molecule has 0 saturated carbocycles. The van der Waals surface area contributed by atoms with Gasteiger partial charge in [0, 0.05) is 25.7 Å². The van der Waals surface area contributed by atoms with Crippen molar-refractivity contribution in [2.45, 2.75) is 53.1 Å². The lowest BCUT2D eigenvalue weighted by Gasteiger charge is -2.39. The molecule has 1 unspecified atom stereocenters. The van der Waals surface area contributed by atoms with Crippen molar-refractivity contribution >= 4 is 11.9 Å². The summed E-state index contributed by atoms with van der Waals surface area (Å²) < 4.78 is 0. The molecular formula is C19H29N3O2. The van der Waals surface area contributed by atoms with Gasteiger partial charge in [0.2, 0.25) is 5.91 Å². The summed E-state index contributed by atoms with van der Waals surface area (Å²) in [6, 6.07) is 8.06. The van der Waals surface area contributed by atoms with Crippen LogP contribution in [0.2, 0.25) is 0 Å². The standard InChI is InChI=1S/C19H29N3O2/c1-14(2)21-18(24)22-11-7-10-19(4,13-22)17(23)20-12-16-9-6-5-8-15(16)3/h5-6,8-9,14H,7,10-13H2,1-4H3,(H,20,23)(H,21,24). The van der Waals surface area contributed by atoms with Crippen LogP contribution in [0.3, 0.4) is 0 Å². The van der Waals surface area contributed by atoms with Crippen LogP contribution < -0.4 is 10.6 Å². The number of piperidine rings is 1. The van der Waals surface area contributed by atoms with E-state index in [0.717, 1.165) is 18.4 Å². The summed E-state index contributed by atoms with van der Waals surface area (Å²) in [5.74, 6) is 0.0211. The molecule has 1 aliphatic heterocycles.